The first-order chi connectivity index (χ1) is 6.53. The van der Waals surface area contributed by atoms with E-state index in [2.05, 4.69) is 5.32 Å². The quantitative estimate of drug-likeness (QED) is 0.721. The molecule has 1 amide bonds. The fraction of sp³-hybridized carbons (Fsp3) is 0.909. The molecule has 0 radical (unpaired) electrons. The molecule has 0 unspecified atom stereocenters. The predicted octanol–water partition coefficient (Wildman–Crippen LogP) is 2.70. The number of alkyl halides is 1. The Morgan fingerprint density at radius 1 is 1.43 bits per heavy atom. The molecule has 0 aromatic heterocycles. The summed E-state index contributed by atoms with van der Waals surface area (Å²) in [4.78, 5) is 11.6. The minimum absolute atomic E-state index is 0.155. The lowest BCUT2D eigenvalue weighted by molar-refractivity contribution is -0.123. The van der Waals surface area contributed by atoms with E-state index >= 15 is 0 Å². The first-order valence-corrected chi connectivity index (χ1v) is 5.94. The van der Waals surface area contributed by atoms with Crippen LogP contribution in [-0.4, -0.2) is 17.3 Å². The number of carbonyl (C=O) groups excluding carboxylic acids is 1. The second-order valence-electron chi connectivity index (χ2n) is 4.92. The predicted molar refractivity (Wildman–Crippen MR) is 59.5 cm³/mol. The van der Waals surface area contributed by atoms with Crippen LogP contribution < -0.4 is 5.32 Å². The van der Waals surface area contributed by atoms with E-state index in [1.807, 2.05) is 13.8 Å². The van der Waals surface area contributed by atoms with E-state index in [9.17, 15) is 4.79 Å². The number of hydrogen-bond acceptors (Lipinski definition) is 1. The van der Waals surface area contributed by atoms with Gasteiger partial charge in [-0.25, -0.2) is 0 Å². The van der Waals surface area contributed by atoms with Gasteiger partial charge in [-0.2, -0.15) is 0 Å². The molecule has 0 bridgehead atoms. The molecule has 0 aromatic rings. The molecule has 0 aliphatic heterocycles. The number of nitrogens with one attached hydrogen (secondary N) is 1. The van der Waals surface area contributed by atoms with Crippen molar-refractivity contribution in [2.24, 2.45) is 5.92 Å². The summed E-state index contributed by atoms with van der Waals surface area (Å²) in [6.45, 7) is 3.90. The van der Waals surface area contributed by atoms with E-state index in [1.165, 1.54) is 25.7 Å². The van der Waals surface area contributed by atoms with Gasteiger partial charge in [-0.15, -0.1) is 11.6 Å². The van der Waals surface area contributed by atoms with Crippen LogP contribution in [0.4, 0.5) is 0 Å². The van der Waals surface area contributed by atoms with Crippen molar-refractivity contribution in [2.45, 2.75) is 51.5 Å². The summed E-state index contributed by atoms with van der Waals surface area (Å²) in [6, 6.07) is 0. The second kappa shape index (κ2) is 5.01. The number of rotatable bonds is 4. The molecule has 1 saturated carbocycles. The van der Waals surface area contributed by atoms with Crippen LogP contribution in [0.1, 0.15) is 46.0 Å². The molecule has 1 fully saturated rings. The van der Waals surface area contributed by atoms with Gasteiger partial charge in [0.15, 0.2) is 0 Å². The highest BCUT2D eigenvalue weighted by Gasteiger charge is 2.23. The molecule has 1 rings (SSSR count). The van der Waals surface area contributed by atoms with Crippen LogP contribution in [0.25, 0.3) is 0 Å². The van der Waals surface area contributed by atoms with E-state index in [0.29, 0.717) is 18.2 Å². The first-order valence-electron chi connectivity index (χ1n) is 5.40. The Kier molecular flexibility index (Phi) is 4.24. The summed E-state index contributed by atoms with van der Waals surface area (Å²) in [5, 5.41) is 2.96. The highest BCUT2D eigenvalue weighted by molar-refractivity contribution is 6.18. The molecule has 1 aliphatic carbocycles. The van der Waals surface area contributed by atoms with Gasteiger partial charge in [-0.1, -0.05) is 12.8 Å². The number of halogens is 1. The average molecular weight is 218 g/mol. The maximum atomic E-state index is 11.6. The van der Waals surface area contributed by atoms with Crippen molar-refractivity contribution < 1.29 is 4.79 Å². The van der Waals surface area contributed by atoms with Crippen LogP contribution >= 0.6 is 11.6 Å². The smallest absolute Gasteiger partial charge is 0.220 e. The summed E-state index contributed by atoms with van der Waals surface area (Å²) in [6.07, 6.45) is 5.69. The summed E-state index contributed by atoms with van der Waals surface area (Å²) >= 11 is 5.74. The van der Waals surface area contributed by atoms with Gasteiger partial charge in [0.25, 0.3) is 0 Å². The molecule has 0 aromatic carbocycles. The molecule has 0 heterocycles. The summed E-state index contributed by atoms with van der Waals surface area (Å²) < 4.78 is 0. The zero-order valence-corrected chi connectivity index (χ0v) is 9.86. The van der Waals surface area contributed by atoms with Gasteiger partial charge in [0.05, 0.1) is 0 Å². The van der Waals surface area contributed by atoms with E-state index in [0.717, 1.165) is 0 Å². The van der Waals surface area contributed by atoms with Crippen LogP contribution in [0.2, 0.25) is 0 Å². The minimum Gasteiger partial charge on any atom is -0.350 e. The van der Waals surface area contributed by atoms with Gasteiger partial charge < -0.3 is 5.32 Å². The maximum absolute atomic E-state index is 11.6. The monoisotopic (exact) mass is 217 g/mol. The first kappa shape index (κ1) is 11.8. The molecular weight excluding hydrogens is 198 g/mol. The van der Waals surface area contributed by atoms with E-state index in [4.69, 9.17) is 11.6 Å². The Morgan fingerprint density at radius 3 is 2.50 bits per heavy atom. The molecule has 3 heteroatoms. The standard InChI is InChI=1S/C11H20ClNO/c1-11(2,8-12)13-10(14)7-9-5-3-4-6-9/h9H,3-8H2,1-2H3,(H,13,14). The Hall–Kier alpha value is -0.240. The number of hydrogen-bond donors (Lipinski definition) is 1. The van der Waals surface area contributed by atoms with Crippen LogP contribution in [0.15, 0.2) is 0 Å². The summed E-state index contributed by atoms with van der Waals surface area (Å²) in [5.74, 6) is 1.23. The number of carbonyl (C=O) groups is 1. The lowest BCUT2D eigenvalue weighted by Gasteiger charge is -2.24. The van der Waals surface area contributed by atoms with Crippen LogP contribution in [-0.2, 0) is 4.79 Å². The third kappa shape index (κ3) is 3.87. The zero-order chi connectivity index (χ0) is 10.6. The molecule has 1 aliphatic rings. The van der Waals surface area contributed by atoms with Crippen LogP contribution in [0, 0.1) is 5.92 Å². The fourth-order valence-electron chi connectivity index (χ4n) is 1.94. The van der Waals surface area contributed by atoms with Crippen molar-refractivity contribution in [3.8, 4) is 0 Å². The van der Waals surface area contributed by atoms with Crippen molar-refractivity contribution in [2.75, 3.05) is 5.88 Å². The Balaban J connectivity index is 2.27. The van der Waals surface area contributed by atoms with Crippen LogP contribution in [0.5, 0.6) is 0 Å². The van der Waals surface area contributed by atoms with Crippen LogP contribution in [0.3, 0.4) is 0 Å². The molecule has 14 heavy (non-hydrogen) atoms. The normalized spacial score (nSPS) is 18.5. The zero-order valence-electron chi connectivity index (χ0n) is 9.11. The minimum atomic E-state index is -0.267. The van der Waals surface area contributed by atoms with E-state index in [1.54, 1.807) is 0 Å². The van der Waals surface area contributed by atoms with Crippen molar-refractivity contribution in [3.05, 3.63) is 0 Å². The third-order valence-electron chi connectivity index (χ3n) is 2.76. The molecule has 0 spiro atoms. The molecule has 82 valence electrons. The van der Waals surface area contributed by atoms with Gasteiger partial charge in [0.2, 0.25) is 5.91 Å². The van der Waals surface area contributed by atoms with E-state index < -0.39 is 0 Å². The van der Waals surface area contributed by atoms with Gasteiger partial charge in [0.1, 0.15) is 0 Å². The topological polar surface area (TPSA) is 29.1 Å². The molecule has 2 nitrogen and oxygen atoms in total. The van der Waals surface area contributed by atoms with Crippen molar-refractivity contribution in [1.82, 2.24) is 5.32 Å². The van der Waals surface area contributed by atoms with Crippen molar-refractivity contribution >= 4 is 17.5 Å². The SMILES string of the molecule is CC(C)(CCl)NC(=O)CC1CCCC1. The Morgan fingerprint density at radius 2 is 2.00 bits per heavy atom. The van der Waals surface area contributed by atoms with Crippen molar-refractivity contribution in [1.29, 1.82) is 0 Å². The fourth-order valence-corrected chi connectivity index (χ4v) is 2.01. The molecule has 0 atom stereocenters. The summed E-state index contributed by atoms with van der Waals surface area (Å²) in [5.41, 5.74) is -0.267. The third-order valence-corrected chi connectivity index (χ3v) is 3.43. The lowest BCUT2D eigenvalue weighted by atomic mass is 10.0. The largest absolute Gasteiger partial charge is 0.350 e. The molecule has 0 saturated heterocycles. The second-order valence-corrected chi connectivity index (χ2v) is 5.19. The maximum Gasteiger partial charge on any atom is 0.220 e. The molecular formula is C11H20ClNO. The van der Waals surface area contributed by atoms with E-state index in [-0.39, 0.29) is 11.4 Å². The van der Waals surface area contributed by atoms with Crippen molar-refractivity contribution in [3.63, 3.8) is 0 Å². The number of amides is 1. The lowest BCUT2D eigenvalue weighted by Crippen LogP contribution is -2.45. The van der Waals surface area contributed by atoms with Gasteiger partial charge >= 0.3 is 0 Å². The van der Waals surface area contributed by atoms with Gasteiger partial charge in [-0.3, -0.25) is 4.79 Å². The molecule has 1 N–H and O–H groups in total. The summed E-state index contributed by atoms with van der Waals surface area (Å²) in [7, 11) is 0. The average Bonchev–Trinajstić information content (AvgIpc) is 2.55. The highest BCUT2D eigenvalue weighted by Crippen LogP contribution is 2.27. The van der Waals surface area contributed by atoms with Gasteiger partial charge in [0, 0.05) is 17.8 Å². The highest BCUT2D eigenvalue weighted by atomic mass is 35.5. The Labute approximate surface area is 91.4 Å². The van der Waals surface area contributed by atoms with Gasteiger partial charge in [-0.05, 0) is 32.6 Å². The Bertz CT molecular complexity index is 197.